The van der Waals surface area contributed by atoms with E-state index in [1.54, 1.807) is 17.2 Å². The minimum Gasteiger partial charge on any atom is -0.489 e. The first-order chi connectivity index (χ1) is 9.68. The average Bonchev–Trinajstić information content (AvgIpc) is 2.47. The predicted molar refractivity (Wildman–Crippen MR) is 77.5 cm³/mol. The van der Waals surface area contributed by atoms with Gasteiger partial charge in [0, 0.05) is 12.4 Å². The summed E-state index contributed by atoms with van der Waals surface area (Å²) in [5.74, 6) is 0.574. The normalized spacial score (nSPS) is 17.3. The highest BCUT2D eigenvalue weighted by Gasteiger charge is 2.30. The van der Waals surface area contributed by atoms with Gasteiger partial charge in [0.05, 0.1) is 22.3 Å². The van der Waals surface area contributed by atoms with Crippen LogP contribution in [0.25, 0.3) is 0 Å². The molecule has 1 amide bonds. The molecule has 2 heterocycles. The van der Waals surface area contributed by atoms with Gasteiger partial charge >= 0.3 is 0 Å². The number of anilines is 1. The Balaban J connectivity index is 2.05. The molecule has 3 rings (SSSR count). The van der Waals surface area contributed by atoms with Crippen molar-refractivity contribution in [2.45, 2.75) is 13.0 Å². The Kier molecular flexibility index (Phi) is 3.32. The van der Waals surface area contributed by atoms with Crippen LogP contribution in [-0.4, -0.2) is 23.5 Å². The fourth-order valence-electron chi connectivity index (χ4n) is 2.29. The molecule has 1 aliphatic heterocycles. The zero-order valence-electron chi connectivity index (χ0n) is 10.9. The summed E-state index contributed by atoms with van der Waals surface area (Å²) < 4.78 is 5.64. The third-order valence-electron chi connectivity index (χ3n) is 3.27. The lowest BCUT2D eigenvalue weighted by molar-refractivity contribution is 0.0961. The first-order valence-corrected chi connectivity index (χ1v) is 6.71. The van der Waals surface area contributed by atoms with E-state index in [2.05, 4.69) is 4.98 Å². The molecule has 1 atom stereocenters. The topological polar surface area (TPSA) is 42.4 Å². The highest BCUT2D eigenvalue weighted by molar-refractivity contribution is 6.34. The van der Waals surface area contributed by atoms with Gasteiger partial charge in [-0.1, -0.05) is 23.7 Å². The van der Waals surface area contributed by atoms with Crippen molar-refractivity contribution in [2.24, 2.45) is 0 Å². The number of amides is 1. The van der Waals surface area contributed by atoms with Crippen LogP contribution in [0.5, 0.6) is 5.75 Å². The Bertz CT molecular complexity index is 660. The zero-order valence-corrected chi connectivity index (χ0v) is 11.7. The number of aromatic nitrogens is 1. The number of pyridine rings is 1. The van der Waals surface area contributed by atoms with E-state index in [-0.39, 0.29) is 11.9 Å². The van der Waals surface area contributed by atoms with Gasteiger partial charge in [0.1, 0.15) is 12.4 Å². The highest BCUT2D eigenvalue weighted by Crippen LogP contribution is 2.35. The van der Waals surface area contributed by atoms with E-state index >= 15 is 0 Å². The monoisotopic (exact) mass is 288 g/mol. The molecule has 0 saturated carbocycles. The van der Waals surface area contributed by atoms with Gasteiger partial charge in [-0.3, -0.25) is 14.7 Å². The molecule has 0 saturated heterocycles. The zero-order chi connectivity index (χ0) is 14.1. The molecule has 0 spiro atoms. The molecule has 1 aromatic heterocycles. The number of carbonyl (C=O) groups excluding carboxylic acids is 1. The van der Waals surface area contributed by atoms with Crippen molar-refractivity contribution >= 4 is 23.2 Å². The van der Waals surface area contributed by atoms with E-state index in [1.165, 1.54) is 6.20 Å². The number of hydrogen-bond acceptors (Lipinski definition) is 3. The summed E-state index contributed by atoms with van der Waals surface area (Å²) >= 11 is 6.07. The Morgan fingerprint density at radius 2 is 2.20 bits per heavy atom. The van der Waals surface area contributed by atoms with Crippen molar-refractivity contribution in [1.82, 2.24) is 4.98 Å². The lowest BCUT2D eigenvalue weighted by Gasteiger charge is -2.35. The molecule has 4 nitrogen and oxygen atoms in total. The quantitative estimate of drug-likeness (QED) is 0.809. The van der Waals surface area contributed by atoms with Crippen LogP contribution in [0, 0.1) is 0 Å². The third kappa shape index (κ3) is 2.12. The van der Waals surface area contributed by atoms with Crippen LogP contribution >= 0.6 is 11.6 Å². The standard InChI is InChI=1S/C15H13ClN2O2/c1-10-9-20-14-5-3-2-4-13(14)18(10)15(19)11-6-7-17-8-12(11)16/h2-8,10H,9H2,1H3/t10-/m0/s1. The maximum absolute atomic E-state index is 12.8. The van der Waals surface area contributed by atoms with E-state index in [1.807, 2.05) is 31.2 Å². The lowest BCUT2D eigenvalue weighted by atomic mass is 10.1. The second-order valence-corrected chi connectivity index (χ2v) is 5.07. The molecule has 20 heavy (non-hydrogen) atoms. The molecule has 0 bridgehead atoms. The van der Waals surface area contributed by atoms with E-state index in [0.717, 1.165) is 5.69 Å². The van der Waals surface area contributed by atoms with Gasteiger partial charge in [-0.25, -0.2) is 0 Å². The number of rotatable bonds is 1. The van der Waals surface area contributed by atoms with Crippen molar-refractivity contribution in [3.63, 3.8) is 0 Å². The molecule has 0 radical (unpaired) electrons. The Hall–Kier alpha value is -2.07. The van der Waals surface area contributed by atoms with E-state index in [0.29, 0.717) is 22.9 Å². The SMILES string of the molecule is C[C@H]1COc2ccccc2N1C(=O)c1ccncc1Cl. The van der Waals surface area contributed by atoms with Gasteiger partial charge in [0.2, 0.25) is 0 Å². The maximum atomic E-state index is 12.8. The van der Waals surface area contributed by atoms with Gasteiger partial charge in [0.25, 0.3) is 5.91 Å². The third-order valence-corrected chi connectivity index (χ3v) is 3.57. The summed E-state index contributed by atoms with van der Waals surface area (Å²) in [6.07, 6.45) is 3.04. The number of para-hydroxylation sites is 2. The minimum absolute atomic E-state index is 0.0540. The number of benzene rings is 1. The molecule has 0 fully saturated rings. The summed E-state index contributed by atoms with van der Waals surface area (Å²) in [5, 5.41) is 0.355. The summed E-state index contributed by atoms with van der Waals surface area (Å²) in [7, 11) is 0. The molecule has 0 unspecified atom stereocenters. The molecule has 102 valence electrons. The Morgan fingerprint density at radius 3 is 3.00 bits per heavy atom. The van der Waals surface area contributed by atoms with Crippen molar-refractivity contribution in [3.8, 4) is 5.75 Å². The number of hydrogen-bond donors (Lipinski definition) is 0. The molecule has 1 aromatic carbocycles. The van der Waals surface area contributed by atoms with Crippen molar-refractivity contribution in [3.05, 3.63) is 53.3 Å². The van der Waals surface area contributed by atoms with E-state index < -0.39 is 0 Å². The van der Waals surface area contributed by atoms with Gasteiger partial charge in [-0.15, -0.1) is 0 Å². The maximum Gasteiger partial charge on any atom is 0.260 e. The molecule has 2 aromatic rings. The summed E-state index contributed by atoms with van der Waals surface area (Å²) in [4.78, 5) is 18.4. The second-order valence-electron chi connectivity index (χ2n) is 4.66. The predicted octanol–water partition coefficient (Wildman–Crippen LogP) is 3.16. The highest BCUT2D eigenvalue weighted by atomic mass is 35.5. The Labute approximate surface area is 122 Å². The first kappa shape index (κ1) is 12.9. The molecule has 0 aliphatic carbocycles. The van der Waals surface area contributed by atoms with Crippen LogP contribution in [0.2, 0.25) is 5.02 Å². The first-order valence-electron chi connectivity index (χ1n) is 6.33. The Morgan fingerprint density at radius 1 is 1.40 bits per heavy atom. The van der Waals surface area contributed by atoms with Crippen LogP contribution in [0.1, 0.15) is 17.3 Å². The molecular formula is C15H13ClN2O2. The number of carbonyl (C=O) groups is 1. The van der Waals surface area contributed by atoms with E-state index in [4.69, 9.17) is 16.3 Å². The van der Waals surface area contributed by atoms with Crippen LogP contribution in [0.4, 0.5) is 5.69 Å². The van der Waals surface area contributed by atoms with Crippen molar-refractivity contribution in [1.29, 1.82) is 0 Å². The fraction of sp³-hybridized carbons (Fsp3) is 0.200. The molecule has 0 N–H and O–H groups in total. The van der Waals surface area contributed by atoms with Gasteiger partial charge < -0.3 is 4.74 Å². The fourth-order valence-corrected chi connectivity index (χ4v) is 2.49. The summed E-state index contributed by atoms with van der Waals surface area (Å²) in [5.41, 5.74) is 1.22. The van der Waals surface area contributed by atoms with Gasteiger partial charge in [-0.2, -0.15) is 0 Å². The summed E-state index contributed by atoms with van der Waals surface area (Å²) in [6.45, 7) is 2.41. The number of fused-ring (bicyclic) bond motifs is 1. The van der Waals surface area contributed by atoms with Gasteiger partial charge in [-0.05, 0) is 25.1 Å². The van der Waals surface area contributed by atoms with Crippen LogP contribution < -0.4 is 9.64 Å². The largest absolute Gasteiger partial charge is 0.489 e. The molecule has 5 heteroatoms. The number of ether oxygens (including phenoxy) is 1. The number of nitrogens with zero attached hydrogens (tertiary/aromatic N) is 2. The van der Waals surface area contributed by atoms with Crippen molar-refractivity contribution in [2.75, 3.05) is 11.5 Å². The van der Waals surface area contributed by atoms with Gasteiger partial charge in [0.15, 0.2) is 0 Å². The number of halogens is 1. The van der Waals surface area contributed by atoms with Crippen LogP contribution in [0.15, 0.2) is 42.7 Å². The molecule has 1 aliphatic rings. The van der Waals surface area contributed by atoms with E-state index in [9.17, 15) is 4.79 Å². The second kappa shape index (κ2) is 5.13. The van der Waals surface area contributed by atoms with Crippen LogP contribution in [-0.2, 0) is 0 Å². The molecular weight excluding hydrogens is 276 g/mol. The summed E-state index contributed by atoms with van der Waals surface area (Å²) in [6, 6.07) is 9.08. The van der Waals surface area contributed by atoms with Crippen LogP contribution in [0.3, 0.4) is 0 Å². The average molecular weight is 289 g/mol. The lowest BCUT2D eigenvalue weighted by Crippen LogP contribution is -2.45. The van der Waals surface area contributed by atoms with Crippen molar-refractivity contribution < 1.29 is 9.53 Å². The smallest absolute Gasteiger partial charge is 0.260 e. The minimum atomic E-state index is -0.138.